The van der Waals surface area contributed by atoms with E-state index in [1.807, 2.05) is 13.0 Å². The van der Waals surface area contributed by atoms with Crippen LogP contribution in [0.5, 0.6) is 0 Å². The quantitative estimate of drug-likeness (QED) is 0.920. The van der Waals surface area contributed by atoms with Gasteiger partial charge in [0.05, 0.1) is 16.6 Å². The van der Waals surface area contributed by atoms with Gasteiger partial charge in [-0.25, -0.2) is 9.78 Å². The van der Waals surface area contributed by atoms with E-state index in [9.17, 15) is 9.00 Å². The van der Waals surface area contributed by atoms with Crippen LogP contribution in [0.2, 0.25) is 0 Å². The fourth-order valence-corrected chi connectivity index (χ4v) is 2.85. The van der Waals surface area contributed by atoms with Gasteiger partial charge in [-0.1, -0.05) is 0 Å². The van der Waals surface area contributed by atoms with Crippen LogP contribution in [0.25, 0.3) is 11.0 Å². The summed E-state index contributed by atoms with van der Waals surface area (Å²) in [6, 6.07) is 5.03. The maximum atomic E-state index is 11.6. The van der Waals surface area contributed by atoms with Gasteiger partial charge in [0.15, 0.2) is 0 Å². The number of imidazole rings is 1. The normalized spacial score (nSPS) is 17.8. The molecule has 1 aromatic heterocycles. The third-order valence-electron chi connectivity index (χ3n) is 3.97. The Labute approximate surface area is 125 Å². The molecule has 1 heterocycles. The zero-order valence-electron chi connectivity index (χ0n) is 12.1. The van der Waals surface area contributed by atoms with Gasteiger partial charge in [-0.2, -0.15) is 0 Å². The number of fused-ring (bicyclic) bond motifs is 1. The van der Waals surface area contributed by atoms with Crippen molar-refractivity contribution >= 4 is 27.8 Å². The average molecular weight is 306 g/mol. The van der Waals surface area contributed by atoms with E-state index < -0.39 is 16.8 Å². The molecule has 2 aromatic rings. The van der Waals surface area contributed by atoms with E-state index in [1.54, 1.807) is 18.4 Å². The van der Waals surface area contributed by atoms with E-state index in [0.717, 1.165) is 24.2 Å². The summed E-state index contributed by atoms with van der Waals surface area (Å²) in [7, 11) is -0.893. The van der Waals surface area contributed by atoms with Crippen molar-refractivity contribution in [1.82, 2.24) is 9.55 Å². The molecule has 1 N–H and O–H groups in total. The van der Waals surface area contributed by atoms with Crippen LogP contribution in [0, 0.1) is 0 Å². The second-order valence-electron chi connectivity index (χ2n) is 5.67. The van der Waals surface area contributed by atoms with Gasteiger partial charge in [-0.05, 0) is 38.0 Å². The van der Waals surface area contributed by atoms with Crippen molar-refractivity contribution in [2.45, 2.75) is 37.5 Å². The first-order valence-electron chi connectivity index (χ1n) is 7.03. The molecule has 2 atom stereocenters. The lowest BCUT2D eigenvalue weighted by Gasteiger charge is -2.13. The van der Waals surface area contributed by atoms with Gasteiger partial charge in [0.25, 0.3) is 0 Å². The Morgan fingerprint density at radius 2 is 2.24 bits per heavy atom. The van der Waals surface area contributed by atoms with E-state index in [1.165, 1.54) is 0 Å². The van der Waals surface area contributed by atoms with Crippen LogP contribution < -0.4 is 0 Å². The van der Waals surface area contributed by atoms with Gasteiger partial charge >= 0.3 is 5.97 Å². The molecular weight excluding hydrogens is 288 g/mol. The van der Waals surface area contributed by atoms with Gasteiger partial charge in [-0.15, -0.1) is 0 Å². The molecule has 6 heteroatoms. The zero-order valence-corrected chi connectivity index (χ0v) is 12.9. The van der Waals surface area contributed by atoms with Crippen molar-refractivity contribution in [1.29, 1.82) is 0 Å². The fraction of sp³-hybridized carbons (Fsp3) is 0.467. The zero-order chi connectivity index (χ0) is 15.1. The maximum Gasteiger partial charge on any atom is 0.335 e. The molecule has 1 fully saturated rings. The Balaban J connectivity index is 2.09. The first-order chi connectivity index (χ1) is 9.97. The van der Waals surface area contributed by atoms with Gasteiger partial charge in [-0.3, -0.25) is 4.21 Å². The summed E-state index contributed by atoms with van der Waals surface area (Å²) >= 11 is 0. The second-order valence-corrected chi connectivity index (χ2v) is 7.47. The number of aromatic carboxylic acids is 1. The van der Waals surface area contributed by atoms with Crippen molar-refractivity contribution in [3.05, 3.63) is 29.6 Å². The third kappa shape index (κ3) is 2.72. The smallest absolute Gasteiger partial charge is 0.335 e. The van der Waals surface area contributed by atoms with Gasteiger partial charge in [0, 0.05) is 34.8 Å². The van der Waals surface area contributed by atoms with E-state index in [0.29, 0.717) is 18.0 Å². The van der Waals surface area contributed by atoms with Crippen LogP contribution in [0.3, 0.4) is 0 Å². The molecule has 5 nitrogen and oxygen atoms in total. The predicted octanol–water partition coefficient (Wildman–Crippen LogP) is 2.38. The van der Waals surface area contributed by atoms with Gasteiger partial charge in [0.1, 0.15) is 5.82 Å². The number of carbonyl (C=O) groups is 1. The van der Waals surface area contributed by atoms with Crippen LogP contribution >= 0.6 is 0 Å². The van der Waals surface area contributed by atoms with Crippen molar-refractivity contribution in [2.24, 2.45) is 0 Å². The molecule has 1 aromatic carbocycles. The van der Waals surface area contributed by atoms with Crippen molar-refractivity contribution in [3.63, 3.8) is 0 Å². The number of hydrogen-bond acceptors (Lipinski definition) is 3. The summed E-state index contributed by atoms with van der Waals surface area (Å²) < 4.78 is 13.8. The number of benzene rings is 1. The summed E-state index contributed by atoms with van der Waals surface area (Å²) in [5.74, 6) is 0.524. The maximum absolute atomic E-state index is 11.6. The number of nitrogens with zero attached hydrogens (tertiary/aromatic N) is 2. The van der Waals surface area contributed by atoms with E-state index in [2.05, 4.69) is 9.55 Å². The first kappa shape index (κ1) is 14.3. The minimum Gasteiger partial charge on any atom is -0.478 e. The SMILES string of the molecule is CC(Cn1c(C2CC2)nc2cc(C(=O)O)ccc21)S(C)=O. The highest BCUT2D eigenvalue weighted by Gasteiger charge is 2.30. The largest absolute Gasteiger partial charge is 0.478 e. The Morgan fingerprint density at radius 1 is 1.52 bits per heavy atom. The first-order valence-corrected chi connectivity index (χ1v) is 8.65. The fourth-order valence-electron chi connectivity index (χ4n) is 2.49. The van der Waals surface area contributed by atoms with Crippen LogP contribution in [0.4, 0.5) is 0 Å². The van der Waals surface area contributed by atoms with E-state index >= 15 is 0 Å². The van der Waals surface area contributed by atoms with Crippen LogP contribution in [0.15, 0.2) is 18.2 Å². The Hall–Kier alpha value is -1.69. The monoisotopic (exact) mass is 306 g/mol. The highest BCUT2D eigenvalue weighted by atomic mass is 32.2. The summed E-state index contributed by atoms with van der Waals surface area (Å²) in [6.45, 7) is 2.61. The molecule has 2 unspecified atom stereocenters. The van der Waals surface area contributed by atoms with Crippen molar-refractivity contribution in [3.8, 4) is 0 Å². The summed E-state index contributed by atoms with van der Waals surface area (Å²) in [4.78, 5) is 15.7. The number of carboxylic acids is 1. The summed E-state index contributed by atoms with van der Waals surface area (Å²) in [5, 5.41) is 9.13. The average Bonchev–Trinajstić information content (AvgIpc) is 3.22. The summed E-state index contributed by atoms with van der Waals surface area (Å²) in [6.07, 6.45) is 3.96. The third-order valence-corrected chi connectivity index (χ3v) is 5.26. The highest BCUT2D eigenvalue weighted by molar-refractivity contribution is 7.84. The van der Waals surface area contributed by atoms with Gasteiger partial charge in [0.2, 0.25) is 0 Å². The molecule has 0 bridgehead atoms. The number of rotatable bonds is 5. The lowest BCUT2D eigenvalue weighted by molar-refractivity contribution is 0.0697. The summed E-state index contributed by atoms with van der Waals surface area (Å²) in [5.41, 5.74) is 1.90. The molecular formula is C15H18N2O3S. The molecule has 0 spiro atoms. The van der Waals surface area contributed by atoms with Gasteiger partial charge < -0.3 is 9.67 Å². The predicted molar refractivity (Wildman–Crippen MR) is 82.2 cm³/mol. The lowest BCUT2D eigenvalue weighted by atomic mass is 10.2. The van der Waals surface area contributed by atoms with E-state index in [4.69, 9.17) is 5.11 Å². The van der Waals surface area contributed by atoms with Crippen LogP contribution in [0.1, 0.15) is 41.9 Å². The molecule has 1 aliphatic rings. The molecule has 0 aliphatic heterocycles. The Bertz CT molecular complexity index is 734. The number of hydrogen-bond donors (Lipinski definition) is 1. The molecule has 0 amide bonds. The van der Waals surface area contributed by atoms with Crippen LogP contribution in [-0.4, -0.2) is 36.3 Å². The highest BCUT2D eigenvalue weighted by Crippen LogP contribution is 2.40. The molecule has 0 saturated heterocycles. The minimum atomic E-state index is -0.942. The second kappa shape index (κ2) is 5.26. The molecule has 0 radical (unpaired) electrons. The lowest BCUT2D eigenvalue weighted by Crippen LogP contribution is -2.18. The molecule has 21 heavy (non-hydrogen) atoms. The van der Waals surface area contributed by atoms with E-state index in [-0.39, 0.29) is 10.8 Å². The molecule has 1 saturated carbocycles. The number of carboxylic acid groups (broad SMARTS) is 1. The number of aromatic nitrogens is 2. The standard InChI is InChI=1S/C15H18N2O3S/c1-9(21(2)20)8-17-13-6-5-11(15(18)19)7-12(13)16-14(17)10-3-4-10/h5-7,9-10H,3-4,8H2,1-2H3,(H,18,19). The molecule has 112 valence electrons. The van der Waals surface area contributed by atoms with Crippen LogP contribution in [-0.2, 0) is 17.3 Å². The van der Waals surface area contributed by atoms with Crippen molar-refractivity contribution in [2.75, 3.05) is 6.26 Å². The minimum absolute atomic E-state index is 0.0408. The Kier molecular flexibility index (Phi) is 3.57. The molecule has 3 rings (SSSR count). The molecule has 1 aliphatic carbocycles. The Morgan fingerprint density at radius 3 is 2.81 bits per heavy atom. The van der Waals surface area contributed by atoms with Crippen molar-refractivity contribution < 1.29 is 14.1 Å². The topological polar surface area (TPSA) is 72.2 Å².